The van der Waals surface area contributed by atoms with E-state index >= 15 is 0 Å². The number of amides is 2. The second kappa shape index (κ2) is 9.61. The fraction of sp³-hybridized carbons (Fsp3) is 0.600. The maximum absolute atomic E-state index is 14.1. The Bertz CT molecular complexity index is 780. The fourth-order valence-corrected chi connectivity index (χ4v) is 3.26. The molecule has 0 saturated carbocycles. The Kier molecular flexibility index (Phi) is 7.61. The molecule has 1 aromatic carbocycles. The molecule has 1 aliphatic rings. The molecule has 1 heterocycles. The monoisotopic (exact) mass is 450 g/mol. The molecule has 0 bridgehead atoms. The summed E-state index contributed by atoms with van der Waals surface area (Å²) in [5.41, 5.74) is -1.26. The topological polar surface area (TPSA) is 68.3 Å². The van der Waals surface area contributed by atoms with E-state index in [-0.39, 0.29) is 13.1 Å². The first-order valence-electron chi connectivity index (χ1n) is 9.64. The van der Waals surface area contributed by atoms with Crippen molar-refractivity contribution in [2.45, 2.75) is 65.5 Å². The number of carbonyl (C=O) groups is 2. The van der Waals surface area contributed by atoms with Gasteiger partial charge >= 0.3 is 18.8 Å². The summed E-state index contributed by atoms with van der Waals surface area (Å²) in [7, 11) is 0. The van der Waals surface area contributed by atoms with Crippen LogP contribution in [0.3, 0.4) is 0 Å². The highest BCUT2D eigenvalue weighted by molar-refractivity contribution is 5.71. The highest BCUT2D eigenvalue weighted by Gasteiger charge is 2.37. The number of carbonyl (C=O) groups excluding carboxylic acids is 2. The first kappa shape index (κ1) is 24.5. The van der Waals surface area contributed by atoms with Crippen LogP contribution in [0.4, 0.5) is 27.2 Å². The van der Waals surface area contributed by atoms with Crippen LogP contribution in [0.1, 0.15) is 40.2 Å². The molecule has 1 fully saturated rings. The average molecular weight is 450 g/mol. The number of nitrogens with zero attached hydrogens (tertiary/aromatic N) is 2. The summed E-state index contributed by atoms with van der Waals surface area (Å²) in [6.45, 7) is 5.05. The summed E-state index contributed by atoms with van der Waals surface area (Å²) >= 11 is 0. The molecule has 0 radical (unpaired) electrons. The van der Waals surface area contributed by atoms with Crippen molar-refractivity contribution < 1.29 is 41.4 Å². The molecule has 1 aliphatic heterocycles. The Morgan fingerprint density at radius 1 is 1.06 bits per heavy atom. The lowest BCUT2D eigenvalue weighted by Crippen LogP contribution is -2.60. The highest BCUT2D eigenvalue weighted by atomic mass is 19.3. The normalized spacial score (nSPS) is 19.4. The first-order chi connectivity index (χ1) is 14.3. The van der Waals surface area contributed by atoms with Crippen molar-refractivity contribution in [2.75, 3.05) is 13.1 Å². The maximum Gasteiger partial charge on any atom is 0.410 e. The zero-order valence-corrected chi connectivity index (χ0v) is 18.0. The SMILES string of the molecule is CC1CN(C(=O)OC(C)(C)C)CC(C)N1C(=O)OCc1c(F)cc(OC(F)F)cc1F. The van der Waals surface area contributed by atoms with Gasteiger partial charge in [-0.1, -0.05) is 0 Å². The fourth-order valence-electron chi connectivity index (χ4n) is 3.26. The van der Waals surface area contributed by atoms with E-state index in [4.69, 9.17) is 9.47 Å². The van der Waals surface area contributed by atoms with E-state index in [1.807, 2.05) is 0 Å². The summed E-state index contributed by atoms with van der Waals surface area (Å²) in [5.74, 6) is -3.04. The van der Waals surface area contributed by atoms with Crippen LogP contribution < -0.4 is 4.74 Å². The molecule has 0 aromatic heterocycles. The van der Waals surface area contributed by atoms with Crippen LogP contribution in [0, 0.1) is 11.6 Å². The van der Waals surface area contributed by atoms with Crippen LogP contribution in [-0.2, 0) is 16.1 Å². The lowest BCUT2D eigenvalue weighted by Gasteiger charge is -2.43. The van der Waals surface area contributed by atoms with Gasteiger partial charge in [-0.25, -0.2) is 18.4 Å². The molecule has 11 heteroatoms. The van der Waals surface area contributed by atoms with Gasteiger partial charge in [0.05, 0.1) is 17.6 Å². The van der Waals surface area contributed by atoms with Crippen molar-refractivity contribution in [3.05, 3.63) is 29.3 Å². The Labute approximate surface area is 177 Å². The minimum atomic E-state index is -3.23. The van der Waals surface area contributed by atoms with Crippen LogP contribution in [0.25, 0.3) is 0 Å². The van der Waals surface area contributed by atoms with Crippen molar-refractivity contribution in [1.29, 1.82) is 0 Å². The van der Waals surface area contributed by atoms with Crippen molar-refractivity contribution in [2.24, 2.45) is 0 Å². The molecule has 2 atom stereocenters. The Balaban J connectivity index is 2.01. The summed E-state index contributed by atoms with van der Waals surface area (Å²) in [5, 5.41) is 0. The molecule has 7 nitrogen and oxygen atoms in total. The third-order valence-corrected chi connectivity index (χ3v) is 4.46. The van der Waals surface area contributed by atoms with Gasteiger partial charge in [-0.2, -0.15) is 8.78 Å². The van der Waals surface area contributed by atoms with Gasteiger partial charge in [0, 0.05) is 25.2 Å². The van der Waals surface area contributed by atoms with Crippen LogP contribution in [0.5, 0.6) is 5.75 Å². The Hall–Kier alpha value is -2.72. The number of halogens is 4. The molecule has 1 saturated heterocycles. The Morgan fingerprint density at radius 2 is 1.58 bits per heavy atom. The van der Waals surface area contributed by atoms with E-state index in [1.54, 1.807) is 34.6 Å². The molecule has 1 aromatic rings. The zero-order chi connectivity index (χ0) is 23.5. The number of hydrogen-bond acceptors (Lipinski definition) is 5. The highest BCUT2D eigenvalue weighted by Crippen LogP contribution is 2.24. The molecule has 0 spiro atoms. The van der Waals surface area contributed by atoms with E-state index in [9.17, 15) is 27.2 Å². The van der Waals surface area contributed by atoms with E-state index < -0.39 is 66.0 Å². The first-order valence-corrected chi connectivity index (χ1v) is 9.64. The molecule has 2 unspecified atom stereocenters. The third-order valence-electron chi connectivity index (χ3n) is 4.46. The molecular formula is C20H26F4N2O5. The summed E-state index contributed by atoms with van der Waals surface area (Å²) < 4.78 is 66.9. The van der Waals surface area contributed by atoms with E-state index in [2.05, 4.69) is 4.74 Å². The van der Waals surface area contributed by atoms with Gasteiger partial charge in [0.2, 0.25) is 0 Å². The van der Waals surface area contributed by atoms with Crippen LogP contribution in [0.15, 0.2) is 12.1 Å². The second-order valence-corrected chi connectivity index (χ2v) is 8.29. The lowest BCUT2D eigenvalue weighted by atomic mass is 10.1. The third kappa shape index (κ3) is 6.63. The van der Waals surface area contributed by atoms with Gasteiger partial charge in [0.25, 0.3) is 0 Å². The maximum atomic E-state index is 14.1. The number of ether oxygens (including phenoxy) is 3. The summed E-state index contributed by atoms with van der Waals surface area (Å²) in [6, 6.07) is 0.285. The molecule has 2 rings (SSSR count). The molecular weight excluding hydrogens is 424 g/mol. The summed E-state index contributed by atoms with van der Waals surface area (Å²) in [4.78, 5) is 27.7. The lowest BCUT2D eigenvalue weighted by molar-refractivity contribution is -0.0502. The van der Waals surface area contributed by atoms with Crippen LogP contribution in [-0.4, -0.2) is 59.4 Å². The van der Waals surface area contributed by atoms with Crippen molar-refractivity contribution in [3.8, 4) is 5.75 Å². The van der Waals surface area contributed by atoms with Gasteiger partial charge in [-0.15, -0.1) is 0 Å². The Morgan fingerprint density at radius 3 is 2.03 bits per heavy atom. The van der Waals surface area contributed by atoms with E-state index in [1.165, 1.54) is 9.80 Å². The minimum Gasteiger partial charge on any atom is -0.444 e. The van der Waals surface area contributed by atoms with Crippen molar-refractivity contribution in [3.63, 3.8) is 0 Å². The van der Waals surface area contributed by atoms with Gasteiger partial charge in [-0.05, 0) is 34.6 Å². The number of piperazine rings is 1. The largest absolute Gasteiger partial charge is 0.444 e. The average Bonchev–Trinajstić information content (AvgIpc) is 2.58. The van der Waals surface area contributed by atoms with Crippen LogP contribution >= 0.6 is 0 Å². The molecule has 0 N–H and O–H groups in total. The van der Waals surface area contributed by atoms with Crippen LogP contribution in [0.2, 0.25) is 0 Å². The molecule has 0 aliphatic carbocycles. The van der Waals surface area contributed by atoms with Gasteiger partial charge in [0.1, 0.15) is 29.6 Å². The van der Waals surface area contributed by atoms with Gasteiger partial charge < -0.3 is 19.1 Å². The predicted molar refractivity (Wildman–Crippen MR) is 102 cm³/mol. The molecule has 174 valence electrons. The standard InChI is InChI=1S/C20H26F4N2O5/c1-11-8-25(18(27)31-20(3,4)5)9-12(2)26(11)19(28)29-10-14-15(21)6-13(7-16(14)22)30-17(23)24/h6-7,11-12,17H,8-10H2,1-5H3. The number of benzene rings is 1. The smallest absolute Gasteiger partial charge is 0.410 e. The summed E-state index contributed by atoms with van der Waals surface area (Å²) in [6.07, 6.45) is -1.33. The number of alkyl halides is 2. The number of hydrogen-bond donors (Lipinski definition) is 0. The predicted octanol–water partition coefficient (Wildman–Crippen LogP) is 4.53. The van der Waals surface area contributed by atoms with Crippen molar-refractivity contribution in [1.82, 2.24) is 9.80 Å². The van der Waals surface area contributed by atoms with Gasteiger partial charge in [0.15, 0.2) is 0 Å². The van der Waals surface area contributed by atoms with E-state index in [0.29, 0.717) is 12.1 Å². The zero-order valence-electron chi connectivity index (χ0n) is 18.0. The number of rotatable bonds is 4. The molecule has 2 amide bonds. The second-order valence-electron chi connectivity index (χ2n) is 8.29. The van der Waals surface area contributed by atoms with Crippen molar-refractivity contribution >= 4 is 12.2 Å². The minimum absolute atomic E-state index is 0.191. The quantitative estimate of drug-likeness (QED) is 0.631. The van der Waals surface area contributed by atoms with E-state index in [0.717, 1.165) is 0 Å². The van der Waals surface area contributed by atoms with Gasteiger partial charge in [-0.3, -0.25) is 4.90 Å². The molecule has 31 heavy (non-hydrogen) atoms.